The van der Waals surface area contributed by atoms with Crippen LogP contribution in [0.2, 0.25) is 0 Å². The van der Waals surface area contributed by atoms with Crippen LogP contribution < -0.4 is 11.5 Å². The van der Waals surface area contributed by atoms with Crippen LogP contribution in [0.25, 0.3) is 0 Å². The number of carbonyl (C=O) groups is 1. The summed E-state index contributed by atoms with van der Waals surface area (Å²) < 4.78 is 0. The summed E-state index contributed by atoms with van der Waals surface area (Å²) in [5.74, 6) is -0.901. The van der Waals surface area contributed by atoms with Gasteiger partial charge in [-0.25, -0.2) is 0 Å². The maximum Gasteiger partial charge on any atom is 0.320 e. The molecule has 0 aromatic heterocycles. The van der Waals surface area contributed by atoms with E-state index >= 15 is 0 Å². The molecule has 0 spiro atoms. The van der Waals surface area contributed by atoms with Crippen molar-refractivity contribution < 1.29 is 9.90 Å². The van der Waals surface area contributed by atoms with Gasteiger partial charge in [-0.05, 0) is 19.4 Å². The summed E-state index contributed by atoms with van der Waals surface area (Å²) in [5, 5.41) is 8.48. The molecule has 0 aromatic carbocycles. The number of rotatable bonds is 8. The van der Waals surface area contributed by atoms with Crippen molar-refractivity contribution in [1.29, 1.82) is 0 Å². The molecule has 0 amide bonds. The zero-order valence-electron chi connectivity index (χ0n) is 8.04. The van der Waals surface area contributed by atoms with Crippen LogP contribution in [-0.2, 0) is 4.79 Å². The summed E-state index contributed by atoms with van der Waals surface area (Å²) in [4.78, 5) is 10.3. The van der Waals surface area contributed by atoms with Crippen molar-refractivity contribution in [2.24, 2.45) is 11.5 Å². The molecule has 0 aromatic rings. The van der Waals surface area contributed by atoms with Crippen molar-refractivity contribution in [3.05, 3.63) is 0 Å². The highest BCUT2D eigenvalue weighted by atomic mass is 16.4. The first-order chi connectivity index (χ1) is 6.18. The van der Waals surface area contributed by atoms with Crippen LogP contribution in [-0.4, -0.2) is 23.7 Å². The molecule has 1 atom stereocenters. The fraction of sp³-hybridized carbons (Fsp3) is 0.889. The van der Waals surface area contributed by atoms with Gasteiger partial charge in [0.25, 0.3) is 0 Å². The molecule has 0 aliphatic heterocycles. The second kappa shape index (κ2) is 8.01. The molecule has 0 saturated heterocycles. The molecule has 1 unspecified atom stereocenters. The molecule has 4 nitrogen and oxygen atoms in total. The number of unbranched alkanes of at least 4 members (excludes halogenated alkanes) is 4. The Morgan fingerprint density at radius 2 is 1.69 bits per heavy atom. The highest BCUT2D eigenvalue weighted by Gasteiger charge is 2.09. The van der Waals surface area contributed by atoms with Gasteiger partial charge in [0.1, 0.15) is 6.04 Å². The third kappa shape index (κ3) is 7.74. The van der Waals surface area contributed by atoms with Gasteiger partial charge in [0.05, 0.1) is 0 Å². The van der Waals surface area contributed by atoms with Gasteiger partial charge in [0.15, 0.2) is 0 Å². The number of hydrogen-bond donors (Lipinski definition) is 3. The maximum atomic E-state index is 10.3. The van der Waals surface area contributed by atoms with Gasteiger partial charge in [-0.3, -0.25) is 4.79 Å². The number of aliphatic carboxylic acids is 1. The Morgan fingerprint density at radius 1 is 1.15 bits per heavy atom. The lowest BCUT2D eigenvalue weighted by Crippen LogP contribution is -2.29. The molecule has 78 valence electrons. The summed E-state index contributed by atoms with van der Waals surface area (Å²) in [6.07, 6.45) is 5.87. The van der Waals surface area contributed by atoms with E-state index in [1.807, 2.05) is 0 Å². The lowest BCUT2D eigenvalue weighted by atomic mass is 10.1. The van der Waals surface area contributed by atoms with E-state index in [4.69, 9.17) is 16.6 Å². The van der Waals surface area contributed by atoms with Crippen molar-refractivity contribution >= 4 is 5.97 Å². The van der Waals surface area contributed by atoms with E-state index in [1.54, 1.807) is 0 Å². The SMILES string of the molecule is NCCCCCCCC(N)C(=O)O. The predicted octanol–water partition coefficient (Wildman–Crippen LogP) is 0.698. The van der Waals surface area contributed by atoms with Gasteiger partial charge in [-0.2, -0.15) is 0 Å². The van der Waals surface area contributed by atoms with E-state index in [0.29, 0.717) is 6.42 Å². The van der Waals surface area contributed by atoms with Crippen LogP contribution in [0.4, 0.5) is 0 Å². The second-order valence-corrected chi connectivity index (χ2v) is 3.29. The highest BCUT2D eigenvalue weighted by Crippen LogP contribution is 2.06. The molecule has 0 radical (unpaired) electrons. The van der Waals surface area contributed by atoms with Crippen molar-refractivity contribution in [3.63, 3.8) is 0 Å². The molecule has 5 N–H and O–H groups in total. The Kier molecular flexibility index (Phi) is 7.63. The first-order valence-electron chi connectivity index (χ1n) is 4.87. The Hall–Kier alpha value is -0.610. The van der Waals surface area contributed by atoms with Crippen molar-refractivity contribution in [2.45, 2.75) is 44.6 Å². The van der Waals surface area contributed by atoms with Gasteiger partial charge in [0, 0.05) is 0 Å². The fourth-order valence-corrected chi connectivity index (χ4v) is 1.16. The number of hydrogen-bond acceptors (Lipinski definition) is 3. The molecule has 0 fully saturated rings. The first kappa shape index (κ1) is 12.4. The lowest BCUT2D eigenvalue weighted by molar-refractivity contribution is -0.138. The van der Waals surface area contributed by atoms with Crippen molar-refractivity contribution in [3.8, 4) is 0 Å². The fourth-order valence-electron chi connectivity index (χ4n) is 1.16. The third-order valence-corrected chi connectivity index (χ3v) is 2.04. The second-order valence-electron chi connectivity index (χ2n) is 3.29. The van der Waals surface area contributed by atoms with Crippen LogP contribution in [0.5, 0.6) is 0 Å². The van der Waals surface area contributed by atoms with Gasteiger partial charge < -0.3 is 16.6 Å². The minimum absolute atomic E-state index is 0.581. The molecule has 4 heteroatoms. The van der Waals surface area contributed by atoms with Crippen LogP contribution >= 0.6 is 0 Å². The molecule has 0 saturated carbocycles. The Labute approximate surface area is 79.3 Å². The molecular formula is C9H20N2O2. The van der Waals surface area contributed by atoms with E-state index in [9.17, 15) is 4.79 Å². The summed E-state index contributed by atoms with van der Waals surface area (Å²) in [7, 11) is 0. The number of nitrogens with two attached hydrogens (primary N) is 2. The zero-order valence-corrected chi connectivity index (χ0v) is 8.04. The largest absolute Gasteiger partial charge is 0.480 e. The number of carboxylic acids is 1. The smallest absolute Gasteiger partial charge is 0.320 e. The summed E-state index contributed by atoms with van der Waals surface area (Å²) in [6.45, 7) is 0.745. The third-order valence-electron chi connectivity index (χ3n) is 2.04. The molecule has 0 rings (SSSR count). The zero-order chi connectivity index (χ0) is 10.1. The monoisotopic (exact) mass is 188 g/mol. The molecule has 0 aliphatic rings. The van der Waals surface area contributed by atoms with Gasteiger partial charge >= 0.3 is 5.97 Å². The molecule has 13 heavy (non-hydrogen) atoms. The molecule has 0 bridgehead atoms. The van der Waals surface area contributed by atoms with E-state index in [1.165, 1.54) is 0 Å². The minimum atomic E-state index is -0.901. The minimum Gasteiger partial charge on any atom is -0.480 e. The van der Waals surface area contributed by atoms with E-state index in [-0.39, 0.29) is 0 Å². The van der Waals surface area contributed by atoms with E-state index in [2.05, 4.69) is 0 Å². The Bertz CT molecular complexity index is 140. The molecule has 0 heterocycles. The van der Waals surface area contributed by atoms with Crippen LogP contribution in [0.1, 0.15) is 38.5 Å². The predicted molar refractivity (Wildman–Crippen MR) is 52.4 cm³/mol. The summed E-state index contributed by atoms with van der Waals surface area (Å²) >= 11 is 0. The average Bonchev–Trinajstić information content (AvgIpc) is 2.10. The molecular weight excluding hydrogens is 168 g/mol. The van der Waals surface area contributed by atoms with Crippen LogP contribution in [0, 0.1) is 0 Å². The Morgan fingerprint density at radius 3 is 2.23 bits per heavy atom. The summed E-state index contributed by atoms with van der Waals surface area (Å²) in [6, 6.07) is -0.686. The quantitative estimate of drug-likeness (QED) is 0.489. The van der Waals surface area contributed by atoms with E-state index < -0.39 is 12.0 Å². The van der Waals surface area contributed by atoms with Gasteiger partial charge in [-0.1, -0.05) is 25.7 Å². The van der Waals surface area contributed by atoms with Gasteiger partial charge in [-0.15, -0.1) is 0 Å². The molecule has 0 aliphatic carbocycles. The topological polar surface area (TPSA) is 89.3 Å². The summed E-state index contributed by atoms with van der Waals surface area (Å²) in [5.41, 5.74) is 10.7. The Balaban J connectivity index is 3.11. The van der Waals surface area contributed by atoms with Crippen molar-refractivity contribution in [2.75, 3.05) is 6.54 Å². The lowest BCUT2D eigenvalue weighted by Gasteiger charge is -2.05. The standard InChI is InChI=1S/C9H20N2O2/c10-7-5-3-1-2-4-6-8(11)9(12)13/h8H,1-7,10-11H2,(H,12,13). The van der Waals surface area contributed by atoms with Crippen LogP contribution in [0.3, 0.4) is 0 Å². The average molecular weight is 188 g/mol. The van der Waals surface area contributed by atoms with E-state index in [0.717, 1.165) is 38.6 Å². The first-order valence-corrected chi connectivity index (χ1v) is 4.87. The van der Waals surface area contributed by atoms with Crippen molar-refractivity contribution in [1.82, 2.24) is 0 Å². The maximum absolute atomic E-state index is 10.3. The normalized spacial score (nSPS) is 12.8. The van der Waals surface area contributed by atoms with Gasteiger partial charge in [0.2, 0.25) is 0 Å². The number of carboxylic acid groups (broad SMARTS) is 1. The van der Waals surface area contributed by atoms with Crippen LogP contribution in [0.15, 0.2) is 0 Å². The highest BCUT2D eigenvalue weighted by molar-refractivity contribution is 5.72.